The number of ketones is 4. The molecular weight excluding hydrogens is 889 g/mol. The summed E-state index contributed by atoms with van der Waals surface area (Å²) in [6, 6.07) is 23.1. The number of Topliss-reactive ketones (excluding diaryl/α,β-unsaturated/α-hetero) is 4. The highest BCUT2D eigenvalue weighted by Gasteiger charge is 2.63. The third-order valence-corrected chi connectivity index (χ3v) is 18.8. The van der Waals surface area contributed by atoms with Crippen molar-refractivity contribution in [2.75, 3.05) is 6.61 Å². The van der Waals surface area contributed by atoms with Crippen LogP contribution in [0.25, 0.3) is 5.57 Å². The van der Waals surface area contributed by atoms with Crippen molar-refractivity contribution in [3.63, 3.8) is 0 Å². The van der Waals surface area contributed by atoms with Crippen LogP contribution in [0.3, 0.4) is 0 Å². The molecule has 2 unspecified atom stereocenters. The van der Waals surface area contributed by atoms with Crippen molar-refractivity contribution < 1.29 is 28.7 Å². The molecule has 0 heterocycles. The van der Waals surface area contributed by atoms with Crippen LogP contribution < -0.4 is 4.74 Å². The highest BCUT2D eigenvalue weighted by atomic mass is 16.5. The summed E-state index contributed by atoms with van der Waals surface area (Å²) >= 11 is 0. The minimum Gasteiger partial charge on any atom is -0.489 e. The quantitative estimate of drug-likeness (QED) is 0.0879. The lowest BCUT2D eigenvalue weighted by atomic mass is 9.44. The molecule has 3 aromatic rings. The van der Waals surface area contributed by atoms with Crippen molar-refractivity contribution in [1.82, 2.24) is 0 Å². The topological polar surface area (TPSA) is 86.7 Å². The summed E-state index contributed by atoms with van der Waals surface area (Å²) in [5, 5.41) is 0. The molecule has 5 aliphatic rings. The van der Waals surface area contributed by atoms with Gasteiger partial charge in [-0.05, 0) is 164 Å². The third kappa shape index (κ3) is 11.4. The van der Waals surface area contributed by atoms with Gasteiger partial charge in [0.1, 0.15) is 30.0 Å². The van der Waals surface area contributed by atoms with Gasteiger partial charge in [-0.15, -0.1) is 6.42 Å². The molecule has 5 atom stereocenters. The molecule has 0 radical (unpaired) electrons. The zero-order valence-corrected chi connectivity index (χ0v) is 45.6. The maximum Gasteiger partial charge on any atom is 0.163 e. The molecule has 384 valence electrons. The second-order valence-electron chi connectivity index (χ2n) is 25.7. The summed E-state index contributed by atoms with van der Waals surface area (Å²) < 4.78 is 12.8. The number of ether oxygens (including phenoxy) is 2. The first-order chi connectivity index (χ1) is 34.0. The fourth-order valence-electron chi connectivity index (χ4n) is 14.4. The van der Waals surface area contributed by atoms with Crippen molar-refractivity contribution in [3.05, 3.63) is 118 Å². The maximum atomic E-state index is 14.5. The van der Waals surface area contributed by atoms with Crippen LogP contribution in [0.15, 0.2) is 84.5 Å². The van der Waals surface area contributed by atoms with Gasteiger partial charge in [0.25, 0.3) is 0 Å². The number of hydrogen-bond donors (Lipinski definition) is 0. The van der Waals surface area contributed by atoms with Gasteiger partial charge in [0.15, 0.2) is 11.6 Å². The summed E-state index contributed by atoms with van der Waals surface area (Å²) in [6.07, 6.45) is 20.2. The van der Waals surface area contributed by atoms with Crippen LogP contribution in [0.1, 0.15) is 196 Å². The fraction of sp³-hybridized carbons (Fsp3) is 0.576. The zero-order valence-electron chi connectivity index (χ0n) is 45.6. The Bertz CT molecular complexity index is 2560. The molecule has 3 aromatic carbocycles. The van der Waals surface area contributed by atoms with Gasteiger partial charge in [-0.2, -0.15) is 0 Å². The number of carbonyl (C=O) groups is 4. The van der Waals surface area contributed by atoms with E-state index in [9.17, 15) is 19.2 Å². The van der Waals surface area contributed by atoms with Gasteiger partial charge < -0.3 is 9.47 Å². The number of carbonyl (C=O) groups excluding carboxylic acids is 4. The zero-order chi connectivity index (χ0) is 51.9. The molecule has 72 heavy (non-hydrogen) atoms. The van der Waals surface area contributed by atoms with Gasteiger partial charge in [0.2, 0.25) is 0 Å². The summed E-state index contributed by atoms with van der Waals surface area (Å²) in [5.41, 5.74) is 8.33. The second-order valence-corrected chi connectivity index (χ2v) is 25.7. The molecule has 0 aromatic heterocycles. The van der Waals surface area contributed by atoms with E-state index in [0.29, 0.717) is 42.9 Å². The molecule has 4 saturated carbocycles. The third-order valence-electron chi connectivity index (χ3n) is 18.8. The van der Waals surface area contributed by atoms with E-state index in [1.165, 1.54) is 35.1 Å². The average molecular weight is 973 g/mol. The van der Waals surface area contributed by atoms with Crippen LogP contribution >= 0.6 is 0 Å². The molecule has 6 nitrogen and oxygen atoms in total. The van der Waals surface area contributed by atoms with Gasteiger partial charge >= 0.3 is 0 Å². The summed E-state index contributed by atoms with van der Waals surface area (Å²) in [5.74, 6) is 5.24. The molecule has 5 aliphatic carbocycles. The first-order valence-electron chi connectivity index (χ1n) is 27.6. The normalized spacial score (nSPS) is 28.3. The molecule has 0 amide bonds. The van der Waals surface area contributed by atoms with E-state index in [0.717, 1.165) is 66.5 Å². The van der Waals surface area contributed by atoms with Crippen molar-refractivity contribution in [2.45, 2.75) is 177 Å². The number of rotatable bonds is 19. The molecule has 0 bridgehead atoms. The van der Waals surface area contributed by atoms with Crippen LogP contribution in [0.5, 0.6) is 5.75 Å². The first kappa shape index (κ1) is 53.4. The van der Waals surface area contributed by atoms with Crippen LogP contribution in [-0.2, 0) is 19.1 Å². The van der Waals surface area contributed by atoms with Gasteiger partial charge in [0, 0.05) is 59.0 Å². The van der Waals surface area contributed by atoms with Gasteiger partial charge in [-0.3, -0.25) is 19.2 Å². The van der Waals surface area contributed by atoms with Crippen molar-refractivity contribution in [2.24, 2.45) is 57.7 Å². The van der Waals surface area contributed by atoms with Crippen LogP contribution in [0, 0.1) is 76.9 Å². The number of terminal acetylenes is 1. The second kappa shape index (κ2) is 21.5. The van der Waals surface area contributed by atoms with Crippen molar-refractivity contribution >= 4 is 28.7 Å². The van der Waals surface area contributed by atoms with Gasteiger partial charge in [0.05, 0.1) is 6.10 Å². The number of allylic oxidation sites excluding steroid dienone is 4. The monoisotopic (exact) mass is 973 g/mol. The molecule has 0 spiro atoms. The number of aryl methyl sites for hydroxylation is 1. The number of hydrogen-bond acceptors (Lipinski definition) is 6. The smallest absolute Gasteiger partial charge is 0.163 e. The molecular formula is C66H84O6. The van der Waals surface area contributed by atoms with Crippen LogP contribution in [0.2, 0.25) is 0 Å². The first-order valence-corrected chi connectivity index (χ1v) is 27.6. The minimum atomic E-state index is -0.455. The fourth-order valence-corrected chi connectivity index (χ4v) is 14.4. The Morgan fingerprint density at radius 2 is 1.46 bits per heavy atom. The van der Waals surface area contributed by atoms with E-state index in [2.05, 4.69) is 124 Å². The maximum absolute atomic E-state index is 14.5. The Kier molecular flexibility index (Phi) is 16.0. The standard InChI is InChI=1S/C66H84O6/c1-13-44-29-30-53(33-42(44)4)72-63-65(9,10)61(66(63,11)12)38-59(68)50-27-23-47(24-28-50)46-19-21-48(22-20-46)51-35-54(36-51)71-39-52(67)37-58(64(6,7)8)62(70)57-32-40(2)31-56(57)60(69)34-43(5)45-17-25-49(26-18-45)55-16-14-15-41(55)3/h1,14-15,17-18,23-30,33,40,43,46,48,51,54,56-58,61,63H,16,19-22,31-32,34-39H2,2-12H3/t40-,43-,46?,48?,51?,54?,56?,57?,58-,61?,63?/m1/s1. The number of benzene rings is 3. The molecule has 8 rings (SSSR count). The van der Waals surface area contributed by atoms with Crippen LogP contribution in [-0.4, -0.2) is 41.9 Å². The Balaban J connectivity index is 0.758. The predicted octanol–water partition coefficient (Wildman–Crippen LogP) is 15.1. The lowest BCUT2D eigenvalue weighted by molar-refractivity contribution is -0.196. The lowest BCUT2D eigenvalue weighted by Gasteiger charge is -2.63. The molecule has 4 fully saturated rings. The molecule has 6 heteroatoms. The Morgan fingerprint density at radius 3 is 2.06 bits per heavy atom. The minimum absolute atomic E-state index is 0.0152. The van der Waals surface area contributed by atoms with Gasteiger partial charge in [-0.1, -0.05) is 129 Å². The highest BCUT2D eigenvalue weighted by molar-refractivity contribution is 5.96. The van der Waals surface area contributed by atoms with Crippen molar-refractivity contribution in [3.8, 4) is 18.1 Å². The van der Waals surface area contributed by atoms with E-state index in [1.807, 2.05) is 37.3 Å². The van der Waals surface area contributed by atoms with Crippen LogP contribution in [0.4, 0.5) is 0 Å². The van der Waals surface area contributed by atoms with E-state index in [1.54, 1.807) is 0 Å². The summed E-state index contributed by atoms with van der Waals surface area (Å²) in [4.78, 5) is 55.9. The Hall–Kier alpha value is -4.86. The van der Waals surface area contributed by atoms with E-state index in [4.69, 9.17) is 15.9 Å². The average Bonchev–Trinajstić information content (AvgIpc) is 3.95. The summed E-state index contributed by atoms with van der Waals surface area (Å²) in [7, 11) is 0. The van der Waals surface area contributed by atoms with Crippen molar-refractivity contribution in [1.29, 1.82) is 0 Å². The Morgan fingerprint density at radius 1 is 0.806 bits per heavy atom. The molecule has 0 saturated heterocycles. The highest BCUT2D eigenvalue weighted by Crippen LogP contribution is 2.62. The van der Waals surface area contributed by atoms with E-state index in [-0.39, 0.29) is 82.9 Å². The lowest BCUT2D eigenvalue weighted by Crippen LogP contribution is -2.66. The SMILES string of the molecule is C#Cc1ccc(OC2C(C)(C)C(CC(=O)c3ccc(C4CCC(C5CC(OCC(=O)C[C@H](C(=O)C6C[C@H](C)CC6C(=O)C[C@@H](C)c6ccc(C7=C(C)C=CC7)cc6)C(C)(C)C)C5)CC4)cc3)C2(C)C)cc1C. The van der Waals surface area contributed by atoms with E-state index >= 15 is 0 Å². The predicted molar refractivity (Wildman–Crippen MR) is 291 cm³/mol. The van der Waals surface area contributed by atoms with E-state index < -0.39 is 11.3 Å². The molecule has 0 N–H and O–H groups in total. The largest absolute Gasteiger partial charge is 0.489 e. The summed E-state index contributed by atoms with van der Waals surface area (Å²) in [6.45, 7) is 23.6. The van der Waals surface area contributed by atoms with Gasteiger partial charge in [-0.25, -0.2) is 0 Å². The molecule has 0 aliphatic heterocycles. The Labute approximate surface area is 433 Å².